The number of hydrogen-bond acceptors (Lipinski definition) is 5. The van der Waals surface area contributed by atoms with Gasteiger partial charge >= 0.3 is 18.3 Å². The molecular weight excluding hydrogens is 242 g/mol. The summed E-state index contributed by atoms with van der Waals surface area (Å²) in [4.78, 5) is 36.1. The molecule has 1 N–H and O–H groups in total. The lowest BCUT2D eigenvalue weighted by atomic mass is 10.1. The summed E-state index contributed by atoms with van der Waals surface area (Å²) >= 11 is 0. The van der Waals surface area contributed by atoms with E-state index in [9.17, 15) is 14.4 Å². The first kappa shape index (κ1) is 15.8. The van der Waals surface area contributed by atoms with Gasteiger partial charge in [0.15, 0.2) is 0 Å². The fraction of sp³-hybridized carbons (Fsp3) is 0.600. The van der Waals surface area contributed by atoms with E-state index >= 15 is 0 Å². The van der Waals surface area contributed by atoms with E-state index in [1.165, 1.54) is 0 Å². The predicted molar refractivity (Wildman–Crippen MR) is 59.9 cm³/mol. The molecule has 1 atom stereocenters. The summed E-state index contributed by atoms with van der Waals surface area (Å²) in [7, 11) is 1.15. The zero-order chi connectivity index (χ0) is 14.0. The van der Waals surface area contributed by atoms with E-state index in [2.05, 4.69) is 14.8 Å². The van der Waals surface area contributed by atoms with Gasteiger partial charge in [-0.2, -0.15) is 4.79 Å². The first-order valence-corrected chi connectivity index (χ1v) is 5.26. The van der Waals surface area contributed by atoms with Gasteiger partial charge in [-0.15, -0.1) is 0 Å². The molecule has 100 valence electrons. The van der Waals surface area contributed by atoms with Crippen molar-refractivity contribution in [1.82, 2.24) is 5.32 Å². The van der Waals surface area contributed by atoms with Crippen LogP contribution in [-0.4, -0.2) is 48.6 Å². The Morgan fingerprint density at radius 1 is 1.44 bits per heavy atom. The smallest absolute Gasteiger partial charge is 0.407 e. The summed E-state index contributed by atoms with van der Waals surface area (Å²) in [5.74, 6) is -1.13. The first-order chi connectivity index (χ1) is 8.54. The molecule has 0 unspecified atom stereocenters. The fourth-order valence-corrected chi connectivity index (χ4v) is 1.11. The van der Waals surface area contributed by atoms with Crippen LogP contribution in [0.4, 0.5) is 4.79 Å². The van der Waals surface area contributed by atoms with E-state index < -0.39 is 23.9 Å². The molecule has 0 aromatic carbocycles. The minimum atomic E-state index is -0.978. The number of Topliss-reactive ketones (excluding diaryl/α,β-unsaturated/α-hetero) is 1. The molecular formula is C10H15N3O5. The molecule has 0 fully saturated rings. The summed E-state index contributed by atoms with van der Waals surface area (Å²) in [6.45, 7) is 1.78. The highest BCUT2D eigenvalue weighted by Crippen LogP contribution is 2.01. The summed E-state index contributed by atoms with van der Waals surface area (Å²) in [5, 5.41) is 2.25. The number of alkyl carbamates (subject to hydrolysis) is 1. The van der Waals surface area contributed by atoms with Crippen molar-refractivity contribution in [3.8, 4) is 0 Å². The second-order valence-electron chi connectivity index (χ2n) is 3.19. The number of nitrogens with zero attached hydrogens (tertiary/aromatic N) is 2. The van der Waals surface area contributed by atoms with Crippen LogP contribution in [0, 0.1) is 0 Å². The number of nitrogens with one attached hydrogen (secondary N) is 1. The summed E-state index contributed by atoms with van der Waals surface area (Å²) < 4.78 is 9.09. The van der Waals surface area contributed by atoms with Crippen LogP contribution >= 0.6 is 0 Å². The van der Waals surface area contributed by atoms with Gasteiger partial charge in [0.1, 0.15) is 6.04 Å². The molecule has 8 heteroatoms. The van der Waals surface area contributed by atoms with Gasteiger partial charge in [-0.1, -0.05) is 0 Å². The van der Waals surface area contributed by atoms with Gasteiger partial charge in [0, 0.05) is 6.42 Å². The topological polar surface area (TPSA) is 118 Å². The Bertz CT molecular complexity index is 363. The van der Waals surface area contributed by atoms with Crippen molar-refractivity contribution in [3.63, 3.8) is 0 Å². The van der Waals surface area contributed by atoms with Crippen molar-refractivity contribution in [2.24, 2.45) is 0 Å². The van der Waals surface area contributed by atoms with Crippen LogP contribution in [0.5, 0.6) is 0 Å². The van der Waals surface area contributed by atoms with E-state index in [4.69, 9.17) is 10.3 Å². The number of ketones is 1. The second kappa shape index (κ2) is 8.89. The lowest BCUT2D eigenvalue weighted by Crippen LogP contribution is -2.42. The highest BCUT2D eigenvalue weighted by Gasteiger charge is 2.23. The third-order valence-corrected chi connectivity index (χ3v) is 1.93. The lowest BCUT2D eigenvalue weighted by molar-refractivity contribution is -0.145. The third-order valence-electron chi connectivity index (χ3n) is 1.93. The third kappa shape index (κ3) is 6.39. The van der Waals surface area contributed by atoms with Crippen LogP contribution in [0.25, 0.3) is 5.53 Å². The molecule has 1 amide bonds. The molecule has 0 heterocycles. The Balaban J connectivity index is 4.46. The zero-order valence-corrected chi connectivity index (χ0v) is 10.2. The van der Waals surface area contributed by atoms with Crippen molar-refractivity contribution < 1.29 is 28.6 Å². The van der Waals surface area contributed by atoms with Crippen molar-refractivity contribution in [3.05, 3.63) is 5.53 Å². The van der Waals surface area contributed by atoms with Crippen LogP contribution in [-0.2, 0) is 19.1 Å². The van der Waals surface area contributed by atoms with Crippen LogP contribution in [0.3, 0.4) is 0 Å². The molecule has 0 radical (unpaired) electrons. The number of carbonyl (C=O) groups is 3. The van der Waals surface area contributed by atoms with Crippen molar-refractivity contribution in [2.45, 2.75) is 25.8 Å². The standard InChI is InChI=1S/C10H15N3O5/c1-3-18-9(15)8(13-10(16)17-2)5-4-7(14)6-12-11/h6,8H,3-5H2,1-2H3,(H,13,16)/t8-/m0/s1. The quantitative estimate of drug-likeness (QED) is 0.296. The van der Waals surface area contributed by atoms with Gasteiger partial charge in [0.25, 0.3) is 0 Å². The average Bonchev–Trinajstić information content (AvgIpc) is 2.34. The highest BCUT2D eigenvalue weighted by molar-refractivity contribution is 6.25. The fourth-order valence-electron chi connectivity index (χ4n) is 1.11. The molecule has 0 saturated carbocycles. The van der Waals surface area contributed by atoms with Crippen LogP contribution in [0.2, 0.25) is 0 Å². The van der Waals surface area contributed by atoms with Crippen LogP contribution < -0.4 is 5.32 Å². The predicted octanol–water partition coefficient (Wildman–Crippen LogP) is -0.0760. The van der Waals surface area contributed by atoms with Gasteiger partial charge in [-0.05, 0) is 13.3 Å². The molecule has 0 saturated heterocycles. The zero-order valence-electron chi connectivity index (χ0n) is 10.2. The van der Waals surface area contributed by atoms with Crippen molar-refractivity contribution >= 4 is 24.1 Å². The summed E-state index contributed by atoms with van der Waals surface area (Å²) in [6, 6.07) is -0.978. The normalized spacial score (nSPS) is 10.8. The highest BCUT2D eigenvalue weighted by atomic mass is 16.5. The molecule has 0 aliphatic rings. The van der Waals surface area contributed by atoms with Gasteiger partial charge in [0.2, 0.25) is 5.78 Å². The molecule has 0 aromatic rings. The Labute approximate surface area is 104 Å². The maximum absolute atomic E-state index is 11.5. The molecule has 18 heavy (non-hydrogen) atoms. The molecule has 0 spiro atoms. The van der Waals surface area contributed by atoms with Crippen LogP contribution in [0.15, 0.2) is 0 Å². The van der Waals surface area contributed by atoms with E-state index in [0.29, 0.717) is 0 Å². The van der Waals surface area contributed by atoms with E-state index in [1.807, 2.05) is 0 Å². The molecule has 0 bridgehead atoms. The number of amides is 1. The molecule has 0 rings (SSSR count). The first-order valence-electron chi connectivity index (χ1n) is 5.26. The minimum Gasteiger partial charge on any atom is -0.464 e. The monoisotopic (exact) mass is 257 g/mol. The number of methoxy groups -OCH3 is 1. The van der Waals surface area contributed by atoms with Gasteiger partial charge in [-0.3, -0.25) is 4.79 Å². The number of rotatable bonds is 7. The van der Waals surface area contributed by atoms with Gasteiger partial charge in [0.05, 0.1) is 13.7 Å². The minimum absolute atomic E-state index is 0.0266. The average molecular weight is 257 g/mol. The number of carbonyl (C=O) groups excluding carboxylic acids is 3. The number of hydrogen-bond donors (Lipinski definition) is 1. The maximum Gasteiger partial charge on any atom is 0.407 e. The van der Waals surface area contributed by atoms with E-state index in [0.717, 1.165) is 13.3 Å². The lowest BCUT2D eigenvalue weighted by Gasteiger charge is -2.15. The Kier molecular flexibility index (Phi) is 7.80. The summed E-state index contributed by atoms with van der Waals surface area (Å²) in [6.07, 6.45) is -0.118. The van der Waals surface area contributed by atoms with E-state index in [-0.39, 0.29) is 19.4 Å². The van der Waals surface area contributed by atoms with Gasteiger partial charge < -0.3 is 20.3 Å². The number of ether oxygens (including phenoxy) is 2. The SMILES string of the molecule is CCOC(=O)[C@H](CCC(=O)C=[N+]=[N-])NC(=O)OC. The van der Waals surface area contributed by atoms with Crippen LogP contribution in [0.1, 0.15) is 19.8 Å². The molecule has 0 aliphatic heterocycles. The van der Waals surface area contributed by atoms with E-state index in [1.54, 1.807) is 6.92 Å². The van der Waals surface area contributed by atoms with Crippen molar-refractivity contribution in [2.75, 3.05) is 13.7 Å². The molecule has 0 aromatic heterocycles. The largest absolute Gasteiger partial charge is 0.464 e. The Morgan fingerprint density at radius 3 is 2.61 bits per heavy atom. The number of esters is 1. The summed E-state index contributed by atoms with van der Waals surface area (Å²) in [5.41, 5.74) is 8.15. The Morgan fingerprint density at radius 2 is 2.11 bits per heavy atom. The molecule has 0 aliphatic carbocycles. The van der Waals surface area contributed by atoms with Gasteiger partial charge in [-0.25, -0.2) is 9.59 Å². The Hall–Kier alpha value is -2.21. The molecule has 8 nitrogen and oxygen atoms in total. The van der Waals surface area contributed by atoms with Crippen molar-refractivity contribution in [1.29, 1.82) is 0 Å². The maximum atomic E-state index is 11.5. The second-order valence-corrected chi connectivity index (χ2v) is 3.19.